The summed E-state index contributed by atoms with van der Waals surface area (Å²) in [5, 5.41) is 14.4. The van der Waals surface area contributed by atoms with Crippen molar-refractivity contribution in [3.8, 4) is 0 Å². The molecule has 0 aliphatic carbocycles. The van der Waals surface area contributed by atoms with Crippen LogP contribution in [0.3, 0.4) is 0 Å². The Kier molecular flexibility index (Phi) is 11.5. The maximum Gasteiger partial charge on any atom is 0.112 e. The Bertz CT molecular complexity index is 810. The first-order valence-electron chi connectivity index (χ1n) is 11.1. The number of carboxylic acids is 1. The van der Waals surface area contributed by atoms with Crippen molar-refractivity contribution in [1.29, 1.82) is 0 Å². The number of thioether (sulfide) groups is 1. The fourth-order valence-electron chi connectivity index (χ4n) is 3.64. The molecular formula is C27H34NO2PS. The smallest absolute Gasteiger partial charge is 0.112 e. The van der Waals surface area contributed by atoms with Gasteiger partial charge in [0.05, 0.1) is 12.1 Å². The van der Waals surface area contributed by atoms with Gasteiger partial charge in [-0.05, 0) is 61.2 Å². The number of hydrogen-bond acceptors (Lipinski definition) is 4. The first-order chi connectivity index (χ1) is 15.6. The van der Waals surface area contributed by atoms with Crippen LogP contribution in [0.4, 0.5) is 0 Å². The van der Waals surface area contributed by atoms with E-state index >= 15 is 0 Å². The number of unbranched alkanes of at least 4 members (excludes halogenated alkanes) is 1. The number of benzene rings is 3. The molecule has 5 heteroatoms. The number of hydrogen-bond donors (Lipinski definition) is 1. The zero-order valence-corrected chi connectivity index (χ0v) is 20.7. The van der Waals surface area contributed by atoms with E-state index in [0.717, 1.165) is 5.75 Å². The summed E-state index contributed by atoms with van der Waals surface area (Å²) in [6.07, 6.45) is 6.12. The molecule has 3 aromatic carbocycles. The van der Waals surface area contributed by atoms with Gasteiger partial charge in [-0.25, -0.2) is 0 Å². The number of aliphatic carboxylic acids is 1. The van der Waals surface area contributed by atoms with E-state index in [0.29, 0.717) is 6.42 Å². The van der Waals surface area contributed by atoms with Gasteiger partial charge in [0, 0.05) is 6.04 Å². The first kappa shape index (κ1) is 26.1. The molecule has 0 aromatic heterocycles. The predicted molar refractivity (Wildman–Crippen MR) is 141 cm³/mol. The Balaban J connectivity index is 0.000000344. The van der Waals surface area contributed by atoms with Gasteiger partial charge < -0.3 is 15.6 Å². The van der Waals surface area contributed by atoms with Crippen molar-refractivity contribution in [3.05, 3.63) is 91.0 Å². The molecule has 0 saturated carbocycles. The van der Waals surface area contributed by atoms with Crippen LogP contribution in [0.2, 0.25) is 0 Å². The number of rotatable bonds is 10. The Labute approximate surface area is 197 Å². The molecule has 0 aliphatic rings. The maximum atomic E-state index is 9.96. The van der Waals surface area contributed by atoms with E-state index in [9.17, 15) is 9.90 Å². The van der Waals surface area contributed by atoms with Crippen LogP contribution in [0.15, 0.2) is 91.0 Å². The van der Waals surface area contributed by atoms with Gasteiger partial charge in [0.15, 0.2) is 0 Å². The van der Waals surface area contributed by atoms with Gasteiger partial charge in [-0.2, -0.15) is 11.8 Å². The van der Waals surface area contributed by atoms with E-state index in [2.05, 4.69) is 97.9 Å². The summed E-state index contributed by atoms with van der Waals surface area (Å²) in [4.78, 5) is 9.96. The molecule has 2 N–H and O–H groups in total. The van der Waals surface area contributed by atoms with E-state index in [4.69, 9.17) is 5.73 Å². The van der Waals surface area contributed by atoms with Crippen LogP contribution in [0.25, 0.3) is 0 Å². The zero-order valence-electron chi connectivity index (χ0n) is 19.0. The number of nitrogens with two attached hydrogens (primary N) is 1. The largest absolute Gasteiger partial charge is 0.548 e. The van der Waals surface area contributed by atoms with Gasteiger partial charge in [0.1, 0.15) is 23.2 Å². The van der Waals surface area contributed by atoms with E-state index < -0.39 is 19.3 Å². The molecule has 0 aliphatic heterocycles. The second-order valence-electron chi connectivity index (χ2n) is 7.60. The van der Waals surface area contributed by atoms with Crippen molar-refractivity contribution >= 4 is 40.9 Å². The fraction of sp³-hybridized carbons (Fsp3) is 0.296. The Morgan fingerprint density at radius 3 is 1.59 bits per heavy atom. The molecule has 0 saturated heterocycles. The van der Waals surface area contributed by atoms with Crippen molar-refractivity contribution in [3.63, 3.8) is 0 Å². The minimum absolute atomic E-state index is 0.490. The van der Waals surface area contributed by atoms with Crippen molar-refractivity contribution in [2.75, 3.05) is 18.2 Å². The highest BCUT2D eigenvalue weighted by molar-refractivity contribution is 7.98. The lowest BCUT2D eigenvalue weighted by atomic mass is 10.2. The number of carboxylic acid groups (broad SMARTS) is 1. The molecule has 0 fully saturated rings. The quantitative estimate of drug-likeness (QED) is 0.463. The van der Waals surface area contributed by atoms with Gasteiger partial charge in [-0.15, -0.1) is 0 Å². The number of carbonyl (C=O) groups is 1. The van der Waals surface area contributed by atoms with Gasteiger partial charge in [-0.1, -0.05) is 67.9 Å². The highest BCUT2D eigenvalue weighted by Crippen LogP contribution is 2.55. The van der Waals surface area contributed by atoms with Crippen LogP contribution in [0.1, 0.15) is 26.2 Å². The van der Waals surface area contributed by atoms with Crippen molar-refractivity contribution in [2.45, 2.75) is 32.2 Å². The summed E-state index contributed by atoms with van der Waals surface area (Å²) in [5.74, 6) is -0.390. The summed E-state index contributed by atoms with van der Waals surface area (Å²) in [5.41, 5.74) is 5.13. The maximum absolute atomic E-state index is 9.96. The van der Waals surface area contributed by atoms with Crippen molar-refractivity contribution < 1.29 is 9.90 Å². The lowest BCUT2D eigenvalue weighted by Gasteiger charge is -2.27. The average Bonchev–Trinajstić information content (AvgIpc) is 2.85. The monoisotopic (exact) mass is 467 g/mol. The minimum atomic E-state index is -1.57. The number of carbonyl (C=O) groups excluding carboxylic acids is 1. The lowest BCUT2D eigenvalue weighted by Crippen LogP contribution is -2.42. The molecule has 3 aromatic rings. The molecular weight excluding hydrogens is 433 g/mol. The molecule has 0 bridgehead atoms. The van der Waals surface area contributed by atoms with Crippen LogP contribution in [-0.2, 0) is 4.79 Å². The SMILES string of the molecule is CCCC[P+](c1ccccc1)(c1ccccc1)c1ccccc1.CSCC[C@H](N)C(=O)[O-]. The molecule has 0 amide bonds. The lowest BCUT2D eigenvalue weighted by molar-refractivity contribution is -0.307. The Hall–Kier alpha value is -2.13. The minimum Gasteiger partial charge on any atom is -0.548 e. The average molecular weight is 468 g/mol. The summed E-state index contributed by atoms with van der Waals surface area (Å²) in [7, 11) is -1.57. The molecule has 1 atom stereocenters. The third-order valence-electron chi connectivity index (χ3n) is 5.37. The molecule has 0 heterocycles. The molecule has 3 rings (SSSR count). The van der Waals surface area contributed by atoms with Crippen LogP contribution in [0, 0.1) is 0 Å². The van der Waals surface area contributed by atoms with Crippen LogP contribution in [0.5, 0.6) is 0 Å². The van der Waals surface area contributed by atoms with E-state index in [-0.39, 0.29) is 0 Å². The fourth-order valence-corrected chi connectivity index (χ4v) is 8.63. The Morgan fingerprint density at radius 1 is 0.875 bits per heavy atom. The highest BCUT2D eigenvalue weighted by Gasteiger charge is 2.44. The molecule has 3 nitrogen and oxygen atoms in total. The van der Waals surface area contributed by atoms with E-state index in [1.807, 2.05) is 6.26 Å². The van der Waals surface area contributed by atoms with Gasteiger partial charge in [0.2, 0.25) is 0 Å². The van der Waals surface area contributed by atoms with Gasteiger partial charge in [0.25, 0.3) is 0 Å². The van der Waals surface area contributed by atoms with E-state index in [1.54, 1.807) is 11.8 Å². The summed E-state index contributed by atoms with van der Waals surface area (Å²) in [6.45, 7) is 2.29. The van der Waals surface area contributed by atoms with Gasteiger partial charge in [-0.3, -0.25) is 0 Å². The molecule has 170 valence electrons. The highest BCUT2D eigenvalue weighted by atomic mass is 32.2. The summed E-state index contributed by atoms with van der Waals surface area (Å²) < 4.78 is 0. The normalized spacial score (nSPS) is 11.8. The third kappa shape index (κ3) is 7.20. The van der Waals surface area contributed by atoms with Crippen LogP contribution < -0.4 is 26.8 Å². The van der Waals surface area contributed by atoms with E-state index in [1.165, 1.54) is 34.9 Å². The van der Waals surface area contributed by atoms with Gasteiger partial charge >= 0.3 is 0 Å². The molecule has 0 unspecified atom stereocenters. The molecule has 0 radical (unpaired) electrons. The molecule has 0 spiro atoms. The standard InChI is InChI=1S/C22H24P.C5H11NO2S/c1-2-3-19-23(20-13-7-4-8-14-20,21-15-9-5-10-16-21)22-17-11-6-12-18-22;1-9-3-2-4(6)5(7)8/h4-18H,2-3,19H2,1H3;4H,2-3,6H2,1H3,(H,7,8)/q+1;/p-1/t;4-/m.0/s1. The Morgan fingerprint density at radius 2 is 1.28 bits per heavy atom. The van der Waals surface area contributed by atoms with Crippen molar-refractivity contribution in [1.82, 2.24) is 0 Å². The van der Waals surface area contributed by atoms with Crippen LogP contribution in [-0.4, -0.2) is 30.2 Å². The predicted octanol–water partition coefficient (Wildman–Crippen LogP) is 3.60. The summed E-state index contributed by atoms with van der Waals surface area (Å²) in [6, 6.07) is 32.6. The topological polar surface area (TPSA) is 66.2 Å². The second-order valence-corrected chi connectivity index (χ2v) is 12.2. The zero-order chi connectivity index (χ0) is 23.2. The van der Waals surface area contributed by atoms with Crippen LogP contribution >= 0.6 is 19.0 Å². The summed E-state index contributed by atoms with van der Waals surface area (Å²) >= 11 is 1.58. The first-order valence-corrected chi connectivity index (χ1v) is 14.4. The van der Waals surface area contributed by atoms with Crippen molar-refractivity contribution in [2.24, 2.45) is 5.73 Å². The molecule has 32 heavy (non-hydrogen) atoms. The second kappa shape index (κ2) is 14.1. The third-order valence-corrected chi connectivity index (χ3v) is 10.5.